The van der Waals surface area contributed by atoms with E-state index in [2.05, 4.69) is 21.3 Å². The Labute approximate surface area is 159 Å². The van der Waals surface area contributed by atoms with Crippen LogP contribution in [-0.2, 0) is 4.74 Å². The third-order valence-electron chi connectivity index (χ3n) is 3.28. The first-order valence-corrected chi connectivity index (χ1v) is 8.76. The Morgan fingerprint density at radius 3 is 2.00 bits per heavy atom. The van der Waals surface area contributed by atoms with Gasteiger partial charge in [0.15, 0.2) is 0 Å². The van der Waals surface area contributed by atoms with E-state index in [-0.39, 0.29) is 12.6 Å². The van der Waals surface area contributed by atoms with Gasteiger partial charge in [-0.2, -0.15) is 0 Å². The minimum absolute atomic E-state index is 0.280. The van der Waals surface area contributed by atoms with E-state index in [9.17, 15) is 9.59 Å². The Kier molecular flexibility index (Phi) is 7.05. The normalized spacial score (nSPS) is 10.6. The highest BCUT2D eigenvalue weighted by Gasteiger charge is 2.15. The quantitative estimate of drug-likeness (QED) is 0.577. The summed E-state index contributed by atoms with van der Waals surface area (Å²) in [5.41, 5.74) is 2.05. The highest BCUT2D eigenvalue weighted by atomic mass is 16.6. The molecule has 7 heteroatoms. The van der Waals surface area contributed by atoms with E-state index in [1.807, 2.05) is 54.6 Å². The van der Waals surface area contributed by atoms with E-state index in [0.717, 1.165) is 11.4 Å². The monoisotopic (exact) mass is 370 g/mol. The third kappa shape index (κ3) is 8.13. The Bertz CT molecular complexity index is 740. The van der Waals surface area contributed by atoms with E-state index in [4.69, 9.17) is 4.74 Å². The number of ether oxygens (including phenoxy) is 1. The number of nitrogens with one attached hydrogen (secondary N) is 4. The van der Waals surface area contributed by atoms with Crippen molar-refractivity contribution in [1.82, 2.24) is 10.6 Å². The highest BCUT2D eigenvalue weighted by molar-refractivity contribution is 5.89. The lowest BCUT2D eigenvalue weighted by molar-refractivity contribution is 0.0528. The van der Waals surface area contributed by atoms with Crippen molar-refractivity contribution >= 4 is 29.2 Å². The van der Waals surface area contributed by atoms with Crippen molar-refractivity contribution in [2.75, 3.05) is 23.7 Å². The smallest absolute Gasteiger partial charge is 0.407 e. The van der Waals surface area contributed by atoms with E-state index >= 15 is 0 Å². The summed E-state index contributed by atoms with van der Waals surface area (Å²) < 4.78 is 5.11. The molecule has 2 aromatic carbocycles. The van der Waals surface area contributed by atoms with Crippen LogP contribution in [0.15, 0.2) is 54.6 Å². The van der Waals surface area contributed by atoms with Crippen LogP contribution in [0.1, 0.15) is 20.8 Å². The van der Waals surface area contributed by atoms with Gasteiger partial charge in [0.05, 0.1) is 0 Å². The molecule has 2 aromatic rings. The summed E-state index contributed by atoms with van der Waals surface area (Å²) in [7, 11) is 0. The maximum Gasteiger partial charge on any atom is 0.407 e. The number of hydrogen-bond acceptors (Lipinski definition) is 4. The predicted molar refractivity (Wildman–Crippen MR) is 107 cm³/mol. The third-order valence-corrected chi connectivity index (χ3v) is 3.28. The molecule has 0 radical (unpaired) electrons. The van der Waals surface area contributed by atoms with Crippen molar-refractivity contribution in [1.29, 1.82) is 0 Å². The summed E-state index contributed by atoms with van der Waals surface area (Å²) in [6.07, 6.45) is -0.508. The van der Waals surface area contributed by atoms with Crippen molar-refractivity contribution < 1.29 is 14.3 Å². The van der Waals surface area contributed by atoms with Gasteiger partial charge in [0.1, 0.15) is 5.60 Å². The standard InChI is InChI=1S/C20H26N4O3/c1-20(2,3)27-19(26)22-14-13-21-18(25)24-17-11-9-16(10-12-17)23-15-7-5-4-6-8-15/h4-12,23H,13-14H2,1-3H3,(H,22,26)(H2,21,24,25). The predicted octanol–water partition coefficient (Wildman–Crippen LogP) is 4.08. The number of rotatable bonds is 6. The van der Waals surface area contributed by atoms with Crippen LogP contribution in [0.2, 0.25) is 0 Å². The summed E-state index contributed by atoms with van der Waals surface area (Å²) >= 11 is 0. The number of amides is 3. The number of hydrogen-bond donors (Lipinski definition) is 4. The molecule has 0 aliphatic rings. The van der Waals surface area contributed by atoms with Crippen LogP contribution in [0.5, 0.6) is 0 Å². The van der Waals surface area contributed by atoms with Crippen LogP contribution in [0.25, 0.3) is 0 Å². The zero-order valence-electron chi connectivity index (χ0n) is 15.8. The molecule has 0 heterocycles. The average Bonchev–Trinajstić information content (AvgIpc) is 2.60. The zero-order chi connectivity index (χ0) is 19.7. The van der Waals surface area contributed by atoms with Crippen molar-refractivity contribution in [3.63, 3.8) is 0 Å². The lowest BCUT2D eigenvalue weighted by atomic mass is 10.2. The van der Waals surface area contributed by atoms with Gasteiger partial charge in [-0.3, -0.25) is 0 Å². The lowest BCUT2D eigenvalue weighted by Gasteiger charge is -2.19. The Morgan fingerprint density at radius 1 is 0.815 bits per heavy atom. The molecule has 0 atom stereocenters. The first-order chi connectivity index (χ1) is 12.8. The lowest BCUT2D eigenvalue weighted by Crippen LogP contribution is -2.39. The van der Waals surface area contributed by atoms with Gasteiger partial charge >= 0.3 is 12.1 Å². The van der Waals surface area contributed by atoms with Gasteiger partial charge in [-0.1, -0.05) is 18.2 Å². The molecule has 0 aliphatic carbocycles. The largest absolute Gasteiger partial charge is 0.444 e. The molecular formula is C20H26N4O3. The van der Waals surface area contributed by atoms with Crippen molar-refractivity contribution in [3.8, 4) is 0 Å². The number of benzene rings is 2. The van der Waals surface area contributed by atoms with Gasteiger partial charge in [0, 0.05) is 30.2 Å². The molecular weight excluding hydrogens is 344 g/mol. The molecule has 7 nitrogen and oxygen atoms in total. The molecule has 0 bridgehead atoms. The first-order valence-electron chi connectivity index (χ1n) is 8.76. The second-order valence-electron chi connectivity index (χ2n) is 6.88. The van der Waals surface area contributed by atoms with E-state index < -0.39 is 11.7 Å². The fraction of sp³-hybridized carbons (Fsp3) is 0.300. The average molecular weight is 370 g/mol. The molecule has 0 aliphatic heterocycles. The van der Waals surface area contributed by atoms with Gasteiger partial charge in [0.25, 0.3) is 0 Å². The Balaban J connectivity index is 1.69. The Hall–Kier alpha value is -3.22. The summed E-state index contributed by atoms with van der Waals surface area (Å²) in [6.45, 7) is 5.94. The van der Waals surface area contributed by atoms with Crippen LogP contribution in [0.4, 0.5) is 26.7 Å². The number of alkyl carbamates (subject to hydrolysis) is 1. The first kappa shape index (κ1) is 20.1. The van der Waals surface area contributed by atoms with E-state index in [1.165, 1.54) is 0 Å². The second kappa shape index (κ2) is 9.47. The van der Waals surface area contributed by atoms with E-state index in [0.29, 0.717) is 12.2 Å². The maximum atomic E-state index is 11.9. The van der Waals surface area contributed by atoms with Gasteiger partial charge in [0.2, 0.25) is 0 Å². The molecule has 27 heavy (non-hydrogen) atoms. The van der Waals surface area contributed by atoms with Gasteiger partial charge in [-0.25, -0.2) is 9.59 Å². The molecule has 4 N–H and O–H groups in total. The minimum Gasteiger partial charge on any atom is -0.444 e. The van der Waals surface area contributed by atoms with Gasteiger partial charge < -0.3 is 26.0 Å². The molecule has 0 saturated heterocycles. The molecule has 2 rings (SSSR count). The molecule has 0 fully saturated rings. The SMILES string of the molecule is CC(C)(C)OC(=O)NCCNC(=O)Nc1ccc(Nc2ccccc2)cc1. The zero-order valence-corrected chi connectivity index (χ0v) is 15.8. The second-order valence-corrected chi connectivity index (χ2v) is 6.88. The molecule has 0 saturated carbocycles. The van der Waals surface area contributed by atoms with Crippen LogP contribution < -0.4 is 21.3 Å². The molecule has 3 amide bonds. The number of carbonyl (C=O) groups is 2. The topological polar surface area (TPSA) is 91.5 Å². The summed E-state index contributed by atoms with van der Waals surface area (Å²) in [4.78, 5) is 23.4. The number of anilines is 3. The van der Waals surface area contributed by atoms with Crippen LogP contribution in [0, 0.1) is 0 Å². The van der Waals surface area contributed by atoms with Gasteiger partial charge in [-0.15, -0.1) is 0 Å². The van der Waals surface area contributed by atoms with Crippen LogP contribution in [-0.4, -0.2) is 30.8 Å². The maximum absolute atomic E-state index is 11.9. The van der Waals surface area contributed by atoms with Crippen molar-refractivity contribution in [2.45, 2.75) is 26.4 Å². The van der Waals surface area contributed by atoms with Crippen molar-refractivity contribution in [2.24, 2.45) is 0 Å². The molecule has 0 unspecified atom stereocenters. The minimum atomic E-state index is -0.545. The van der Waals surface area contributed by atoms with Gasteiger partial charge in [-0.05, 0) is 57.2 Å². The van der Waals surface area contributed by atoms with E-state index in [1.54, 1.807) is 20.8 Å². The molecule has 0 aromatic heterocycles. The Morgan fingerprint density at radius 2 is 1.37 bits per heavy atom. The number of carbonyl (C=O) groups excluding carboxylic acids is 2. The summed E-state index contributed by atoms with van der Waals surface area (Å²) in [6, 6.07) is 16.9. The fourth-order valence-electron chi connectivity index (χ4n) is 2.16. The summed E-state index contributed by atoms with van der Waals surface area (Å²) in [5, 5.41) is 11.3. The summed E-state index contributed by atoms with van der Waals surface area (Å²) in [5.74, 6) is 0. The number of para-hydroxylation sites is 1. The van der Waals surface area contributed by atoms with Crippen LogP contribution in [0.3, 0.4) is 0 Å². The molecule has 144 valence electrons. The van der Waals surface area contributed by atoms with Crippen LogP contribution >= 0.6 is 0 Å². The van der Waals surface area contributed by atoms with Crippen molar-refractivity contribution in [3.05, 3.63) is 54.6 Å². The highest BCUT2D eigenvalue weighted by Crippen LogP contribution is 2.18. The fourth-order valence-corrected chi connectivity index (χ4v) is 2.16. The molecule has 0 spiro atoms. The number of urea groups is 1.